The first-order valence-corrected chi connectivity index (χ1v) is 8.40. The smallest absolute Gasteiger partial charge is 0.270 e. The van der Waals surface area contributed by atoms with Gasteiger partial charge in [0.25, 0.3) is 5.69 Å². The molecule has 0 saturated carbocycles. The first kappa shape index (κ1) is 23.3. The van der Waals surface area contributed by atoms with E-state index in [4.69, 9.17) is 33.7 Å². The standard InChI is InChI=1S/C17H18Cl2N4O3.HI/c1-10(14-5-3-12(18)8-15(14)19)22-17(20)21-9-11-7-13(23(24)25)4-6-16(11)26-2;/h3-8,10H,9H2,1-2H3,(H3,20,21,22);1H. The number of guanidine groups is 1. The Bertz CT molecular complexity index is 849. The zero-order chi connectivity index (χ0) is 19.3. The van der Waals surface area contributed by atoms with E-state index in [1.807, 2.05) is 6.92 Å². The van der Waals surface area contributed by atoms with Crippen molar-refractivity contribution >= 4 is 58.8 Å². The third kappa shape index (κ3) is 6.40. The molecule has 0 fully saturated rings. The summed E-state index contributed by atoms with van der Waals surface area (Å²) in [5.41, 5.74) is 7.27. The van der Waals surface area contributed by atoms with Crippen LogP contribution in [0.1, 0.15) is 24.1 Å². The summed E-state index contributed by atoms with van der Waals surface area (Å²) in [6, 6.07) is 9.31. The minimum atomic E-state index is -0.473. The lowest BCUT2D eigenvalue weighted by molar-refractivity contribution is -0.384. The largest absolute Gasteiger partial charge is 0.496 e. The zero-order valence-electron chi connectivity index (χ0n) is 14.6. The molecule has 0 aliphatic carbocycles. The van der Waals surface area contributed by atoms with Gasteiger partial charge in [-0.25, -0.2) is 4.99 Å². The number of nitro benzene ring substituents is 1. The van der Waals surface area contributed by atoms with E-state index < -0.39 is 4.92 Å². The molecular weight excluding hydrogens is 506 g/mol. The number of rotatable bonds is 6. The van der Waals surface area contributed by atoms with E-state index in [2.05, 4.69) is 10.3 Å². The van der Waals surface area contributed by atoms with E-state index in [1.54, 1.807) is 18.2 Å². The van der Waals surface area contributed by atoms with Crippen LogP contribution in [-0.4, -0.2) is 18.0 Å². The molecule has 146 valence electrons. The molecule has 2 aromatic carbocycles. The minimum absolute atomic E-state index is 0. The number of non-ortho nitro benzene ring substituents is 1. The number of benzene rings is 2. The number of nitrogens with two attached hydrogens (primary N) is 1. The van der Waals surface area contributed by atoms with Gasteiger partial charge in [-0.3, -0.25) is 10.1 Å². The van der Waals surface area contributed by atoms with Gasteiger partial charge in [0.15, 0.2) is 5.96 Å². The number of methoxy groups -OCH3 is 1. The maximum absolute atomic E-state index is 10.9. The summed E-state index contributed by atoms with van der Waals surface area (Å²) in [6.07, 6.45) is 0. The first-order valence-electron chi connectivity index (χ1n) is 7.64. The van der Waals surface area contributed by atoms with Crippen molar-refractivity contribution in [3.05, 3.63) is 67.7 Å². The van der Waals surface area contributed by atoms with Crippen LogP contribution in [-0.2, 0) is 6.54 Å². The lowest BCUT2D eigenvalue weighted by atomic mass is 10.1. The molecule has 10 heteroatoms. The lowest BCUT2D eigenvalue weighted by Gasteiger charge is -2.16. The monoisotopic (exact) mass is 524 g/mol. The number of nitro groups is 1. The Balaban J connectivity index is 0.00000364. The van der Waals surface area contributed by atoms with Crippen molar-refractivity contribution in [2.75, 3.05) is 7.11 Å². The third-order valence-corrected chi connectivity index (χ3v) is 4.25. The molecule has 0 aliphatic rings. The summed E-state index contributed by atoms with van der Waals surface area (Å²) in [5, 5.41) is 15.0. The summed E-state index contributed by atoms with van der Waals surface area (Å²) in [4.78, 5) is 14.7. The van der Waals surface area contributed by atoms with Crippen LogP contribution < -0.4 is 15.8 Å². The van der Waals surface area contributed by atoms with E-state index in [-0.39, 0.29) is 48.2 Å². The highest BCUT2D eigenvalue weighted by molar-refractivity contribution is 14.0. The van der Waals surface area contributed by atoms with E-state index in [1.165, 1.54) is 25.3 Å². The summed E-state index contributed by atoms with van der Waals surface area (Å²) in [5.74, 6) is 0.679. The molecule has 3 N–H and O–H groups in total. The molecule has 1 unspecified atom stereocenters. The van der Waals surface area contributed by atoms with Gasteiger partial charge in [0.2, 0.25) is 0 Å². The molecule has 0 bridgehead atoms. The predicted molar refractivity (Wildman–Crippen MR) is 118 cm³/mol. The van der Waals surface area contributed by atoms with Gasteiger partial charge in [-0.15, -0.1) is 24.0 Å². The van der Waals surface area contributed by atoms with Crippen molar-refractivity contribution in [2.24, 2.45) is 10.7 Å². The van der Waals surface area contributed by atoms with Crippen LogP contribution in [0.25, 0.3) is 0 Å². The van der Waals surface area contributed by atoms with Crippen molar-refractivity contribution in [1.29, 1.82) is 0 Å². The van der Waals surface area contributed by atoms with Crippen molar-refractivity contribution in [1.82, 2.24) is 5.32 Å². The van der Waals surface area contributed by atoms with E-state index in [9.17, 15) is 10.1 Å². The van der Waals surface area contributed by atoms with Crippen LogP contribution >= 0.6 is 47.2 Å². The Labute approximate surface area is 184 Å². The maximum Gasteiger partial charge on any atom is 0.270 e. The molecule has 0 radical (unpaired) electrons. The van der Waals surface area contributed by atoms with Gasteiger partial charge < -0.3 is 15.8 Å². The van der Waals surface area contributed by atoms with E-state index >= 15 is 0 Å². The van der Waals surface area contributed by atoms with Crippen LogP contribution in [0.2, 0.25) is 10.0 Å². The second-order valence-corrected chi connectivity index (χ2v) is 6.33. The number of nitrogens with zero attached hydrogens (tertiary/aromatic N) is 2. The summed E-state index contributed by atoms with van der Waals surface area (Å²) in [6.45, 7) is 2.01. The van der Waals surface area contributed by atoms with Gasteiger partial charge in [-0.05, 0) is 30.7 Å². The summed E-state index contributed by atoms with van der Waals surface area (Å²) in [7, 11) is 1.49. The SMILES string of the molecule is COc1ccc([N+](=O)[O-])cc1CN=C(N)NC(C)c1ccc(Cl)cc1Cl.I. The van der Waals surface area contributed by atoms with Crippen LogP contribution in [0.4, 0.5) is 5.69 Å². The van der Waals surface area contributed by atoms with Gasteiger partial charge in [0.05, 0.1) is 24.6 Å². The number of aliphatic imine (C=N–C) groups is 1. The van der Waals surface area contributed by atoms with E-state index in [0.717, 1.165) is 5.56 Å². The average Bonchev–Trinajstić information content (AvgIpc) is 2.59. The highest BCUT2D eigenvalue weighted by Gasteiger charge is 2.13. The number of ether oxygens (including phenoxy) is 1. The summed E-state index contributed by atoms with van der Waals surface area (Å²) < 4.78 is 5.21. The number of hydrogen-bond acceptors (Lipinski definition) is 4. The van der Waals surface area contributed by atoms with Gasteiger partial charge in [0, 0.05) is 27.7 Å². The third-order valence-electron chi connectivity index (χ3n) is 3.69. The molecule has 0 spiro atoms. The Hall–Kier alpha value is -1.78. The Kier molecular flexibility index (Phi) is 9.07. The van der Waals surface area contributed by atoms with E-state index in [0.29, 0.717) is 21.4 Å². The molecular formula is C17H19Cl2IN4O3. The number of nitrogens with one attached hydrogen (secondary N) is 1. The first-order chi connectivity index (χ1) is 12.3. The quantitative estimate of drug-likeness (QED) is 0.187. The van der Waals surface area contributed by atoms with Gasteiger partial charge in [-0.1, -0.05) is 29.3 Å². The van der Waals surface area contributed by atoms with Crippen molar-refractivity contribution in [3.63, 3.8) is 0 Å². The molecule has 0 saturated heterocycles. The molecule has 0 amide bonds. The molecule has 0 heterocycles. The second kappa shape index (κ2) is 10.5. The average molecular weight is 525 g/mol. The minimum Gasteiger partial charge on any atom is -0.496 e. The van der Waals surface area contributed by atoms with Crippen LogP contribution in [0, 0.1) is 10.1 Å². The number of hydrogen-bond donors (Lipinski definition) is 2. The Morgan fingerprint density at radius 3 is 2.63 bits per heavy atom. The molecule has 1 atom stereocenters. The van der Waals surface area contributed by atoms with Crippen LogP contribution in [0.5, 0.6) is 5.75 Å². The lowest BCUT2D eigenvalue weighted by Crippen LogP contribution is -2.34. The van der Waals surface area contributed by atoms with Gasteiger partial charge in [0.1, 0.15) is 5.75 Å². The highest BCUT2D eigenvalue weighted by Crippen LogP contribution is 2.26. The fraction of sp³-hybridized carbons (Fsp3) is 0.235. The highest BCUT2D eigenvalue weighted by atomic mass is 127. The van der Waals surface area contributed by atoms with Gasteiger partial charge >= 0.3 is 0 Å². The van der Waals surface area contributed by atoms with Crippen molar-refractivity contribution in [3.8, 4) is 5.75 Å². The zero-order valence-corrected chi connectivity index (χ0v) is 18.5. The molecule has 2 rings (SSSR count). The van der Waals surface area contributed by atoms with Crippen LogP contribution in [0.15, 0.2) is 41.4 Å². The molecule has 2 aromatic rings. The Morgan fingerprint density at radius 2 is 2.04 bits per heavy atom. The van der Waals surface area contributed by atoms with Gasteiger partial charge in [-0.2, -0.15) is 0 Å². The number of halogens is 3. The molecule has 7 nitrogen and oxygen atoms in total. The van der Waals surface area contributed by atoms with Crippen LogP contribution in [0.3, 0.4) is 0 Å². The topological polar surface area (TPSA) is 103 Å². The second-order valence-electron chi connectivity index (χ2n) is 5.49. The Morgan fingerprint density at radius 1 is 1.33 bits per heavy atom. The molecule has 0 aromatic heterocycles. The fourth-order valence-corrected chi connectivity index (χ4v) is 2.94. The predicted octanol–water partition coefficient (Wildman–Crippen LogP) is 4.69. The van der Waals surface area contributed by atoms with Crippen molar-refractivity contribution < 1.29 is 9.66 Å². The normalized spacial score (nSPS) is 12.1. The molecule has 27 heavy (non-hydrogen) atoms. The summed E-state index contributed by atoms with van der Waals surface area (Å²) >= 11 is 12.1. The maximum atomic E-state index is 10.9. The van der Waals surface area contributed by atoms with Crippen molar-refractivity contribution in [2.45, 2.75) is 19.5 Å². The fourth-order valence-electron chi connectivity index (χ4n) is 2.37. The molecule has 0 aliphatic heterocycles.